The maximum Gasteiger partial charge on any atom is 0.341 e. The number of aromatic amines is 1. The summed E-state index contributed by atoms with van der Waals surface area (Å²) < 4.78 is 24.7. The highest BCUT2D eigenvalue weighted by Gasteiger charge is 2.31. The fourth-order valence-electron chi connectivity index (χ4n) is 10.5. The van der Waals surface area contributed by atoms with Crippen LogP contribution in [0.2, 0.25) is 5.15 Å². The number of rotatable bonds is 12. The largest absolute Gasteiger partial charge is 0.462 e. The highest BCUT2D eigenvalue weighted by molar-refractivity contribution is 7.19. The molecule has 0 atom stereocenters. The Hall–Kier alpha value is -4.73. The van der Waals surface area contributed by atoms with Gasteiger partial charge in [-0.15, -0.1) is 45.3 Å². The predicted octanol–water partition coefficient (Wildman–Crippen LogP) is 12.0. The minimum absolute atomic E-state index is 0.0125. The van der Waals surface area contributed by atoms with E-state index in [2.05, 4.69) is 46.8 Å². The Morgan fingerprint density at radius 2 is 1.16 bits per heavy atom. The minimum Gasteiger partial charge on any atom is -0.462 e. The zero-order valence-corrected chi connectivity index (χ0v) is 51.4. The van der Waals surface area contributed by atoms with Crippen molar-refractivity contribution < 1.29 is 28.5 Å². The quantitative estimate of drug-likeness (QED) is 0.0591. The summed E-state index contributed by atoms with van der Waals surface area (Å²) >= 11 is 13.1. The third kappa shape index (κ3) is 15.5. The molecule has 7 heterocycles. The van der Waals surface area contributed by atoms with Gasteiger partial charge in [-0.2, -0.15) is 0 Å². The first-order valence-electron chi connectivity index (χ1n) is 28.0. The van der Waals surface area contributed by atoms with E-state index < -0.39 is 0 Å². The van der Waals surface area contributed by atoms with Gasteiger partial charge < -0.3 is 44.6 Å². The van der Waals surface area contributed by atoms with Crippen LogP contribution in [0.4, 0.5) is 10.8 Å². The molecule has 80 heavy (non-hydrogen) atoms. The first-order valence-corrected chi connectivity index (χ1v) is 31.7. The van der Waals surface area contributed by atoms with Crippen LogP contribution in [-0.4, -0.2) is 104 Å². The van der Waals surface area contributed by atoms with E-state index in [1.165, 1.54) is 132 Å². The molecule has 0 saturated heterocycles. The van der Waals surface area contributed by atoms with Gasteiger partial charge in [-0.1, -0.05) is 11.6 Å². The predicted molar refractivity (Wildman–Crippen MR) is 325 cm³/mol. The molecule has 0 unspecified atom stereocenters. The van der Waals surface area contributed by atoms with Crippen LogP contribution in [0.25, 0.3) is 35.5 Å². The van der Waals surface area contributed by atoms with Crippen molar-refractivity contribution >= 4 is 104 Å². The van der Waals surface area contributed by atoms with Gasteiger partial charge in [0.1, 0.15) is 56.1 Å². The van der Waals surface area contributed by atoms with Gasteiger partial charge >= 0.3 is 12.7 Å². The molecule has 7 aromatic heterocycles. The zero-order chi connectivity index (χ0) is 56.7. The van der Waals surface area contributed by atoms with Crippen molar-refractivity contribution in [3.8, 4) is 0 Å². The normalized spacial score (nSPS) is 15.8. The number of hydrogen-bond acceptors (Lipinski definition) is 19. The summed E-state index contributed by atoms with van der Waals surface area (Å²) in [7, 11) is 10.6. The van der Waals surface area contributed by atoms with Crippen LogP contribution in [0.5, 0.6) is 0 Å². The van der Waals surface area contributed by atoms with Crippen LogP contribution in [0, 0.1) is 6.57 Å². The van der Waals surface area contributed by atoms with Gasteiger partial charge in [0.15, 0.2) is 11.6 Å². The Kier molecular flexibility index (Phi) is 23.0. The SMILES string of the molecule is CCOC(=O)c1c(N)sc2c1CCCC2.CNC1CC1.COCc1nc(Cl)c2c3c(sc2n1)CCCC3.COCc1nc(N(C)C2CC2)c2c3c(sc2n1)CCCC3.COCc1nc2sc3c(c2c(=O)[nH]1)CCCC3.[C-]#[N+]COC. The highest BCUT2D eigenvalue weighted by atomic mass is 35.5. The monoisotopic (exact) mass is 1190 g/mol. The lowest BCUT2D eigenvalue weighted by molar-refractivity contribution is 0.0526. The first-order chi connectivity index (χ1) is 38.9. The molecule has 2 saturated carbocycles. The lowest BCUT2D eigenvalue weighted by Gasteiger charge is -2.20. The van der Waals surface area contributed by atoms with E-state index in [-0.39, 0.29) is 18.3 Å². The first kappa shape index (κ1) is 61.3. The molecule has 0 aromatic carbocycles. The maximum atomic E-state index is 12.1. The van der Waals surface area contributed by atoms with Gasteiger partial charge in [-0.25, -0.2) is 36.3 Å². The second-order valence-corrected chi connectivity index (χ2v) is 25.3. The van der Waals surface area contributed by atoms with Crippen molar-refractivity contribution in [3.05, 3.63) is 91.7 Å². The minimum atomic E-state index is -0.255. The molecule has 7 aromatic rings. The van der Waals surface area contributed by atoms with Crippen LogP contribution < -0.4 is 21.5 Å². The third-order valence-electron chi connectivity index (χ3n) is 14.6. The Morgan fingerprint density at radius 3 is 1.64 bits per heavy atom. The fraction of sp³-hybridized carbons (Fsp3) is 0.586. The number of hydrogen-bond donors (Lipinski definition) is 3. The van der Waals surface area contributed by atoms with Crippen LogP contribution in [-0.2, 0) is 94.9 Å². The number of fused-ring (bicyclic) bond motifs is 10. The topological polar surface area (TPSA) is 206 Å². The van der Waals surface area contributed by atoms with Gasteiger partial charge in [-0.3, -0.25) is 9.64 Å². The molecule has 2 fully saturated rings. The van der Waals surface area contributed by atoms with Crippen molar-refractivity contribution in [3.63, 3.8) is 0 Å². The molecule has 0 amide bonds. The zero-order valence-electron chi connectivity index (χ0n) is 47.4. The van der Waals surface area contributed by atoms with Crippen LogP contribution in [0.1, 0.15) is 154 Å². The third-order valence-corrected chi connectivity index (χ3v) is 19.6. The summed E-state index contributed by atoms with van der Waals surface area (Å²) in [6, 6.07) is 1.55. The fourth-order valence-corrected chi connectivity index (χ4v) is 15.8. The standard InChI is InChI=1S/C16H21N3OS.C12H13ClN2OS.C12H14N2O2S.C11H15NO2S.C4H9N.C3H5NO/c1-19(10-7-8-10)15-14-11-5-3-4-6-12(11)21-16(14)18-13(17-15)9-20-2;1-16-6-9-14-11(13)10-7-4-2-3-5-8(7)17-12(10)15-9;1-16-6-9-13-11(15)10-7-4-2-3-5-8(7)17-12(10)14-9;1-2-14-11(13)9-7-5-3-4-6-8(7)15-10(9)12;1-5-4-2-3-4;1-4-3-5-2/h10H,3-9H2,1-2H3;2-6H2,1H3;2-6H2,1H3,(H,13,14,15);2-6,12H2,1H3;4-5H,2-3H2,1H3;3H2,2H3. The van der Waals surface area contributed by atoms with E-state index in [1.807, 2.05) is 25.3 Å². The molecular weight excluding hydrogens is 1110 g/mol. The van der Waals surface area contributed by atoms with E-state index in [0.29, 0.717) is 59.8 Å². The molecule has 432 valence electrons. The lowest BCUT2D eigenvalue weighted by Crippen LogP contribution is -2.22. The summed E-state index contributed by atoms with van der Waals surface area (Å²) in [5.41, 5.74) is 11.8. The molecule has 22 heteroatoms. The van der Waals surface area contributed by atoms with Gasteiger partial charge in [0.05, 0.1) is 28.3 Å². The average Bonchev–Trinajstić information content (AvgIpc) is 4.41. The Morgan fingerprint density at radius 1 is 0.675 bits per heavy atom. The van der Waals surface area contributed by atoms with E-state index in [9.17, 15) is 9.59 Å². The highest BCUT2D eigenvalue weighted by Crippen LogP contribution is 2.43. The molecule has 4 N–H and O–H groups in total. The number of nitrogens with zero attached hydrogens (tertiary/aromatic N) is 7. The number of ether oxygens (including phenoxy) is 5. The molecule has 0 radical (unpaired) electrons. The molecule has 17 nitrogen and oxygen atoms in total. The number of aromatic nitrogens is 6. The number of carbonyl (C=O) groups excluding carboxylic acids is 1. The van der Waals surface area contributed by atoms with E-state index >= 15 is 0 Å². The number of thiophene rings is 4. The summed E-state index contributed by atoms with van der Waals surface area (Å²) in [5, 5.41) is 7.56. The number of methoxy groups -OCH3 is 4. The lowest BCUT2D eigenvalue weighted by atomic mass is 9.95. The van der Waals surface area contributed by atoms with Crippen molar-refractivity contribution in [2.24, 2.45) is 0 Å². The summed E-state index contributed by atoms with van der Waals surface area (Å²) in [6.45, 7) is 9.76. The molecule has 0 spiro atoms. The summed E-state index contributed by atoms with van der Waals surface area (Å²) in [4.78, 5) is 63.3. The number of H-pyrrole nitrogens is 1. The number of carbonyl (C=O) groups is 1. The number of nitrogens with one attached hydrogen (secondary N) is 2. The Balaban J connectivity index is 0.000000133. The smallest absolute Gasteiger partial charge is 0.341 e. The average molecular weight is 1190 g/mol. The van der Waals surface area contributed by atoms with Gasteiger partial charge in [0, 0.05) is 67.1 Å². The molecule has 0 aliphatic heterocycles. The number of nitrogens with two attached hydrogens (primary N) is 1. The van der Waals surface area contributed by atoms with Crippen molar-refractivity contribution in [1.82, 2.24) is 35.2 Å². The maximum absolute atomic E-state index is 12.1. The van der Waals surface area contributed by atoms with Crippen LogP contribution in [0.15, 0.2) is 4.79 Å². The number of anilines is 2. The van der Waals surface area contributed by atoms with Crippen molar-refractivity contribution in [2.75, 3.05) is 66.5 Å². The molecule has 0 bridgehead atoms. The number of nitrogen functional groups attached to an aromatic ring is 1. The van der Waals surface area contributed by atoms with Gasteiger partial charge in [0.2, 0.25) is 0 Å². The second-order valence-electron chi connectivity index (χ2n) is 20.5. The Bertz CT molecular complexity index is 3300. The van der Waals surface area contributed by atoms with Crippen molar-refractivity contribution in [1.29, 1.82) is 0 Å². The molecular formula is C58H77ClN10O7S4. The Labute approximate surface area is 490 Å². The van der Waals surface area contributed by atoms with Gasteiger partial charge in [0.25, 0.3) is 5.56 Å². The summed E-state index contributed by atoms with van der Waals surface area (Å²) in [5.74, 6) is 2.97. The van der Waals surface area contributed by atoms with E-state index in [0.717, 1.165) is 93.5 Å². The summed E-state index contributed by atoms with van der Waals surface area (Å²) in [6.07, 6.45) is 24.1. The number of esters is 1. The molecule has 13 rings (SSSR count). The molecule has 6 aliphatic carbocycles. The number of halogens is 1. The van der Waals surface area contributed by atoms with Crippen LogP contribution in [0.3, 0.4) is 0 Å². The molecule has 6 aliphatic rings. The van der Waals surface area contributed by atoms with Gasteiger partial charge in [-0.05, 0) is 165 Å². The van der Waals surface area contributed by atoms with Crippen molar-refractivity contribution in [2.45, 2.75) is 167 Å². The number of aryl methyl sites for hydroxylation is 7. The second kappa shape index (κ2) is 30.0. The van der Waals surface area contributed by atoms with Crippen LogP contribution >= 0.6 is 56.9 Å². The van der Waals surface area contributed by atoms with E-state index in [4.69, 9.17) is 52.8 Å². The van der Waals surface area contributed by atoms with E-state index in [1.54, 1.807) is 55.3 Å².